The van der Waals surface area contributed by atoms with E-state index < -0.39 is 38.2 Å². The summed E-state index contributed by atoms with van der Waals surface area (Å²) >= 11 is -2.51. The molecule has 0 aliphatic rings. The van der Waals surface area contributed by atoms with Gasteiger partial charge in [-0.3, -0.25) is 8.42 Å². The Bertz CT molecular complexity index is 151. The standard InChI is InChI=1S/H2O4S.5H2O.2O.U/c1-5(2,3)4;;;;;;;;/h(H2,1,2,3,4);5*1H2;;;/q;;;;;;;;+2/p-2. The van der Waals surface area contributed by atoms with Crippen molar-refractivity contribution < 1.29 is 77.2 Å². The molecule has 0 atom stereocenters. The third-order valence-electron chi connectivity index (χ3n) is 0. The van der Waals surface area contributed by atoms with E-state index in [2.05, 4.69) is 0 Å². The Morgan fingerprint density at radius 2 is 0.769 bits per heavy atom. The summed E-state index contributed by atoms with van der Waals surface area (Å²) in [5, 5.41) is 0. The van der Waals surface area contributed by atoms with Gasteiger partial charge in [-0.05, 0) is 0 Å². The van der Waals surface area contributed by atoms with E-state index in [-0.39, 0.29) is 27.4 Å². The molecule has 0 radical (unpaired) electrons. The molecular weight excluding hydrogens is 446 g/mol. The van der Waals surface area contributed by atoms with Gasteiger partial charge in [-0.2, -0.15) is 0 Å². The fourth-order valence-electron chi connectivity index (χ4n) is 0. The van der Waals surface area contributed by atoms with Gasteiger partial charge in [0.2, 0.25) is 0 Å². The third-order valence-corrected chi connectivity index (χ3v) is 0. The van der Waals surface area contributed by atoms with Gasteiger partial charge in [0.15, 0.2) is 0 Å². The fraction of sp³-hybridized carbons (Fsp3) is 0. The van der Waals surface area contributed by atoms with Crippen molar-refractivity contribution in [3.8, 4) is 0 Å². The number of rotatable bonds is 0. The molecule has 11 nitrogen and oxygen atoms in total. The average Bonchev–Trinajstić information content (AvgIpc) is 1.27. The summed E-state index contributed by atoms with van der Waals surface area (Å²) in [5.41, 5.74) is 0. The van der Waals surface area contributed by atoms with Crippen LogP contribution in [0.3, 0.4) is 0 Å². The van der Waals surface area contributed by atoms with Crippen LogP contribution < -0.4 is 0 Å². The van der Waals surface area contributed by atoms with Gasteiger partial charge in [0, 0.05) is 10.4 Å². The molecular formula is H10O11SU. The molecule has 0 spiro atoms. The van der Waals surface area contributed by atoms with Gasteiger partial charge < -0.3 is 36.5 Å². The van der Waals surface area contributed by atoms with E-state index in [0.717, 1.165) is 0 Å². The van der Waals surface area contributed by atoms with Crippen LogP contribution in [-0.2, 0) is 14.9 Å². The van der Waals surface area contributed by atoms with E-state index in [1.54, 1.807) is 0 Å². The zero-order valence-corrected chi connectivity index (χ0v) is 10.8. The minimum absolute atomic E-state index is 0. The monoisotopic (exact) mass is 456 g/mol. The fourth-order valence-corrected chi connectivity index (χ4v) is 0. The molecule has 86 valence electrons. The number of hydrogen-bond acceptors (Lipinski definition) is 6. The van der Waals surface area contributed by atoms with E-state index >= 15 is 0 Å². The Kier molecular flexibility index (Phi) is 115. The van der Waals surface area contributed by atoms with Crippen LogP contribution >= 0.6 is 0 Å². The van der Waals surface area contributed by atoms with Crippen molar-refractivity contribution in [1.82, 2.24) is 0 Å². The zero-order chi connectivity index (χ0) is 7.21. The van der Waals surface area contributed by atoms with Gasteiger partial charge in [-0.25, -0.2) is 0 Å². The molecule has 13 heavy (non-hydrogen) atoms. The first-order valence-corrected chi connectivity index (χ1v) is 5.81. The molecule has 0 aromatic rings. The normalized spacial score (nSPS) is 5.08. The molecule has 0 bridgehead atoms. The SMILES string of the molecule is O.O.O.O.O.O=S(=O)([O-])[O-].[O]=[U+2]=[O]. The second-order valence-corrected chi connectivity index (χ2v) is 2.00. The summed E-state index contributed by atoms with van der Waals surface area (Å²) in [7, 11) is -5.17. The van der Waals surface area contributed by atoms with Gasteiger partial charge in [-0.15, -0.1) is 0 Å². The summed E-state index contributed by atoms with van der Waals surface area (Å²) < 4.78 is 51.3. The average molecular weight is 456 g/mol. The molecule has 0 aliphatic heterocycles. The van der Waals surface area contributed by atoms with Crippen LogP contribution in [0.2, 0.25) is 0 Å². The molecule has 0 aliphatic carbocycles. The molecule has 0 unspecified atom stereocenters. The molecule has 0 aromatic heterocycles. The first kappa shape index (κ1) is 50.6. The maximum atomic E-state index is 8.58. The Balaban J connectivity index is -0.00000000840. The Hall–Kier alpha value is 0.322. The van der Waals surface area contributed by atoms with Crippen LogP contribution in [0.25, 0.3) is 0 Å². The summed E-state index contributed by atoms with van der Waals surface area (Å²) in [6.45, 7) is 0. The number of hydrogen-bond donors (Lipinski definition) is 0. The Labute approximate surface area is 87.5 Å². The molecule has 0 rings (SSSR count). The summed E-state index contributed by atoms with van der Waals surface area (Å²) in [6.07, 6.45) is 0. The molecule has 0 aromatic carbocycles. The van der Waals surface area contributed by atoms with Crippen molar-refractivity contribution >= 4 is 10.4 Å². The van der Waals surface area contributed by atoms with E-state index in [4.69, 9.17) is 22.0 Å². The topological polar surface area (TPSA) is 272 Å². The van der Waals surface area contributed by atoms with Crippen LogP contribution in [-0.4, -0.2) is 44.9 Å². The predicted molar refractivity (Wildman–Crippen MR) is 29.9 cm³/mol. The van der Waals surface area contributed by atoms with Gasteiger partial charge in [0.1, 0.15) is 0 Å². The van der Waals surface area contributed by atoms with Crippen molar-refractivity contribution in [3.05, 3.63) is 0 Å². The van der Waals surface area contributed by atoms with Gasteiger partial charge in [0.05, 0.1) is 0 Å². The molecule has 0 amide bonds. The molecule has 0 heterocycles. The van der Waals surface area contributed by atoms with Gasteiger partial charge in [0.25, 0.3) is 0 Å². The van der Waals surface area contributed by atoms with Crippen molar-refractivity contribution in [3.63, 3.8) is 0 Å². The summed E-state index contributed by atoms with van der Waals surface area (Å²) in [4.78, 5) is 0. The Morgan fingerprint density at radius 3 is 0.769 bits per heavy atom. The van der Waals surface area contributed by atoms with Crippen LogP contribution in [0.4, 0.5) is 0 Å². The van der Waals surface area contributed by atoms with Crippen molar-refractivity contribution in [2.45, 2.75) is 0 Å². The van der Waals surface area contributed by atoms with Crippen molar-refractivity contribution in [2.75, 3.05) is 0 Å². The van der Waals surface area contributed by atoms with E-state index in [1.807, 2.05) is 0 Å². The predicted octanol–water partition coefficient (Wildman–Crippen LogP) is -5.70. The molecule has 0 saturated carbocycles. The molecule has 0 saturated heterocycles. The second-order valence-electron chi connectivity index (χ2n) is 0.492. The van der Waals surface area contributed by atoms with Crippen LogP contribution in [0, 0.1) is 27.8 Å². The van der Waals surface area contributed by atoms with E-state index in [9.17, 15) is 0 Å². The van der Waals surface area contributed by atoms with Crippen LogP contribution in [0.15, 0.2) is 0 Å². The first-order valence-electron chi connectivity index (χ1n) is 1.07. The van der Waals surface area contributed by atoms with Gasteiger partial charge >= 0.3 is 32.3 Å². The van der Waals surface area contributed by atoms with Crippen molar-refractivity contribution in [2.24, 2.45) is 0 Å². The summed E-state index contributed by atoms with van der Waals surface area (Å²) in [5.74, 6) is 0. The molecule has 0 fully saturated rings. The summed E-state index contributed by atoms with van der Waals surface area (Å²) in [6, 6.07) is 0. The van der Waals surface area contributed by atoms with E-state index in [1.165, 1.54) is 0 Å². The second kappa shape index (κ2) is 29.5. The quantitative estimate of drug-likeness (QED) is 0.253. The minimum atomic E-state index is -5.17. The third kappa shape index (κ3) is 12700. The van der Waals surface area contributed by atoms with Crippen molar-refractivity contribution in [1.29, 1.82) is 0 Å². The van der Waals surface area contributed by atoms with Gasteiger partial charge in [-0.1, -0.05) is 0 Å². The maximum absolute atomic E-state index is 8.58. The Morgan fingerprint density at radius 1 is 0.769 bits per heavy atom. The van der Waals surface area contributed by atoms with Crippen LogP contribution in [0.1, 0.15) is 0 Å². The molecule has 10 N–H and O–H groups in total. The molecule has 13 heteroatoms. The van der Waals surface area contributed by atoms with E-state index in [0.29, 0.717) is 0 Å². The zero-order valence-electron chi connectivity index (χ0n) is 5.86. The first-order chi connectivity index (χ1) is 3.41. The van der Waals surface area contributed by atoms with Crippen LogP contribution in [0.5, 0.6) is 0 Å².